The van der Waals surface area contributed by atoms with Crippen LogP contribution < -0.4 is 4.74 Å². The van der Waals surface area contributed by atoms with Crippen molar-refractivity contribution in [3.8, 4) is 5.75 Å². The minimum atomic E-state index is -0.820. The molecule has 1 aromatic rings. The fourth-order valence-electron chi connectivity index (χ4n) is 6.19. The Bertz CT molecular complexity index is 662. The molecular weight excluding hydrogens is 406 g/mol. The molecule has 0 N–H and O–H groups in total. The molecule has 4 heteroatoms. The molecule has 3 rings (SSSR count). The molecule has 0 radical (unpaired) electrons. The summed E-state index contributed by atoms with van der Waals surface area (Å²) in [4.78, 5) is 0. The van der Waals surface area contributed by atoms with Crippen molar-refractivity contribution < 1.29 is 18.3 Å². The fourth-order valence-corrected chi connectivity index (χ4v) is 6.19. The van der Waals surface area contributed by atoms with Crippen molar-refractivity contribution in [2.75, 3.05) is 20.3 Å². The van der Waals surface area contributed by atoms with E-state index >= 15 is 0 Å². The molecule has 2 saturated carbocycles. The zero-order valence-corrected chi connectivity index (χ0v) is 20.4. The number of hydrogen-bond acceptors (Lipinski definition) is 2. The normalized spacial score (nSPS) is 26.2. The van der Waals surface area contributed by atoms with Crippen LogP contribution in [0.4, 0.5) is 8.78 Å². The topological polar surface area (TPSA) is 18.5 Å². The van der Waals surface area contributed by atoms with Crippen LogP contribution in [0.3, 0.4) is 0 Å². The first kappa shape index (κ1) is 25.5. The zero-order chi connectivity index (χ0) is 22.8. The summed E-state index contributed by atoms with van der Waals surface area (Å²) in [6.45, 7) is 3.03. The Morgan fingerprint density at radius 1 is 0.781 bits per heavy atom. The van der Waals surface area contributed by atoms with E-state index in [1.54, 1.807) is 26.2 Å². The molecule has 0 aromatic heterocycles. The van der Waals surface area contributed by atoms with E-state index in [2.05, 4.69) is 0 Å². The van der Waals surface area contributed by atoms with Gasteiger partial charge in [-0.05, 0) is 87.2 Å². The first-order valence-corrected chi connectivity index (χ1v) is 13.2. The van der Waals surface area contributed by atoms with Crippen LogP contribution in [0.2, 0.25) is 0 Å². The molecule has 2 aliphatic carbocycles. The van der Waals surface area contributed by atoms with Gasteiger partial charge < -0.3 is 9.47 Å². The Kier molecular flexibility index (Phi) is 10.8. The average Bonchev–Trinajstić information content (AvgIpc) is 2.82. The largest absolute Gasteiger partial charge is 0.491 e. The molecular formula is C28H44F2O2. The summed E-state index contributed by atoms with van der Waals surface area (Å²) in [5.41, 5.74) is 0.551. The Balaban J connectivity index is 1.35. The third-order valence-corrected chi connectivity index (χ3v) is 8.11. The second-order valence-electron chi connectivity index (χ2n) is 10.2. The van der Waals surface area contributed by atoms with Crippen molar-refractivity contribution in [3.05, 3.63) is 29.3 Å². The number of benzene rings is 1. The second-order valence-corrected chi connectivity index (χ2v) is 10.2. The van der Waals surface area contributed by atoms with Gasteiger partial charge in [0.05, 0.1) is 6.61 Å². The summed E-state index contributed by atoms with van der Waals surface area (Å²) in [5.74, 6) is 1.23. The van der Waals surface area contributed by atoms with Gasteiger partial charge >= 0.3 is 0 Å². The van der Waals surface area contributed by atoms with Gasteiger partial charge in [-0.15, -0.1) is 0 Å². The number of hydrogen-bond donors (Lipinski definition) is 0. The van der Waals surface area contributed by atoms with Gasteiger partial charge in [0.25, 0.3) is 0 Å². The molecule has 0 unspecified atom stereocenters. The lowest BCUT2D eigenvalue weighted by Gasteiger charge is -2.38. The third kappa shape index (κ3) is 7.17. The van der Waals surface area contributed by atoms with Crippen LogP contribution in [0, 0.1) is 29.4 Å². The van der Waals surface area contributed by atoms with Crippen LogP contribution in [0.1, 0.15) is 108 Å². The predicted octanol–water partition coefficient (Wildman–Crippen LogP) is 8.43. The Morgan fingerprint density at radius 3 is 2.06 bits per heavy atom. The molecule has 32 heavy (non-hydrogen) atoms. The highest BCUT2D eigenvalue weighted by atomic mass is 19.2. The maximum Gasteiger partial charge on any atom is 0.200 e. The van der Waals surface area contributed by atoms with Gasteiger partial charge in [-0.3, -0.25) is 0 Å². The van der Waals surface area contributed by atoms with E-state index in [1.807, 2.05) is 0 Å². The molecule has 0 saturated heterocycles. The molecule has 0 heterocycles. The van der Waals surface area contributed by atoms with Crippen LogP contribution in [0.15, 0.2) is 12.1 Å². The van der Waals surface area contributed by atoms with E-state index in [4.69, 9.17) is 9.47 Å². The van der Waals surface area contributed by atoms with E-state index in [9.17, 15) is 8.78 Å². The van der Waals surface area contributed by atoms with Gasteiger partial charge in [0, 0.05) is 13.7 Å². The van der Waals surface area contributed by atoms with Gasteiger partial charge in [0.1, 0.15) is 0 Å². The summed E-state index contributed by atoms with van der Waals surface area (Å²) in [7, 11) is 1.78. The molecule has 0 aliphatic heterocycles. The highest BCUT2D eigenvalue weighted by Gasteiger charge is 2.32. The highest BCUT2D eigenvalue weighted by Crippen LogP contribution is 2.45. The van der Waals surface area contributed by atoms with Gasteiger partial charge in [0.2, 0.25) is 5.82 Å². The average molecular weight is 451 g/mol. The zero-order valence-electron chi connectivity index (χ0n) is 20.4. The van der Waals surface area contributed by atoms with E-state index in [0.717, 1.165) is 50.0 Å². The van der Waals surface area contributed by atoms with Gasteiger partial charge in [0.15, 0.2) is 11.6 Å². The van der Waals surface area contributed by atoms with Crippen LogP contribution in [0.25, 0.3) is 0 Å². The van der Waals surface area contributed by atoms with Crippen LogP contribution in [0.5, 0.6) is 5.75 Å². The number of unbranched alkanes of at least 4 members (excludes halogenated alkanes) is 4. The van der Waals surface area contributed by atoms with Gasteiger partial charge in [-0.1, -0.05) is 51.0 Å². The van der Waals surface area contributed by atoms with Crippen molar-refractivity contribution in [1.29, 1.82) is 0 Å². The number of halogens is 2. The van der Waals surface area contributed by atoms with Crippen molar-refractivity contribution in [3.63, 3.8) is 0 Å². The van der Waals surface area contributed by atoms with Crippen molar-refractivity contribution in [1.82, 2.24) is 0 Å². The fraction of sp³-hybridized carbons (Fsp3) is 0.786. The Hall–Kier alpha value is -1.16. The lowest BCUT2D eigenvalue weighted by Crippen LogP contribution is -2.25. The quantitative estimate of drug-likeness (QED) is 0.297. The molecule has 2 aliphatic rings. The van der Waals surface area contributed by atoms with Crippen LogP contribution in [-0.4, -0.2) is 20.3 Å². The summed E-state index contributed by atoms with van der Waals surface area (Å²) in [6.07, 6.45) is 17.9. The molecule has 2 nitrogen and oxygen atoms in total. The van der Waals surface area contributed by atoms with E-state index < -0.39 is 11.6 Å². The molecule has 0 bridgehead atoms. The Morgan fingerprint density at radius 2 is 1.41 bits per heavy atom. The molecule has 0 spiro atoms. The number of methoxy groups -OCH3 is 1. The van der Waals surface area contributed by atoms with E-state index in [-0.39, 0.29) is 11.7 Å². The van der Waals surface area contributed by atoms with Gasteiger partial charge in [-0.25, -0.2) is 4.39 Å². The summed E-state index contributed by atoms with van der Waals surface area (Å²) in [6, 6.07) is 3.35. The first-order valence-electron chi connectivity index (χ1n) is 13.2. The van der Waals surface area contributed by atoms with Crippen molar-refractivity contribution in [2.45, 2.75) is 103 Å². The minimum Gasteiger partial charge on any atom is -0.491 e. The number of ether oxygens (including phenoxy) is 2. The maximum absolute atomic E-state index is 14.6. The third-order valence-electron chi connectivity index (χ3n) is 8.11. The lowest BCUT2D eigenvalue weighted by molar-refractivity contribution is 0.154. The number of rotatable bonds is 12. The highest BCUT2D eigenvalue weighted by molar-refractivity contribution is 5.33. The van der Waals surface area contributed by atoms with Crippen molar-refractivity contribution in [2.24, 2.45) is 17.8 Å². The van der Waals surface area contributed by atoms with Crippen molar-refractivity contribution >= 4 is 0 Å². The standard InChI is InChI=1S/C28H44F2O2/c1-3-32-26-19-18-25(27(29)28(26)30)24-16-14-23(15-17-24)22-12-10-21(11-13-22)9-7-5-4-6-8-20-31-2/h18-19,21-24H,3-17,20H2,1-2H3. The van der Waals surface area contributed by atoms with Gasteiger partial charge in [-0.2, -0.15) is 4.39 Å². The first-order chi connectivity index (χ1) is 15.6. The maximum atomic E-state index is 14.6. The van der Waals surface area contributed by atoms with Crippen LogP contribution >= 0.6 is 0 Å². The molecule has 1 aromatic carbocycles. The van der Waals surface area contributed by atoms with Crippen LogP contribution in [-0.2, 0) is 4.74 Å². The smallest absolute Gasteiger partial charge is 0.200 e. The predicted molar refractivity (Wildman–Crippen MR) is 127 cm³/mol. The SMILES string of the molecule is CCOc1ccc(C2CCC(C3CCC(CCCCCCCOC)CC3)CC2)c(F)c1F. The van der Waals surface area contributed by atoms with E-state index in [0.29, 0.717) is 12.2 Å². The minimum absolute atomic E-state index is 0.0327. The molecule has 0 atom stereocenters. The molecule has 2 fully saturated rings. The monoisotopic (exact) mass is 450 g/mol. The molecule has 182 valence electrons. The molecule has 0 amide bonds. The summed E-state index contributed by atoms with van der Waals surface area (Å²) in [5, 5.41) is 0. The summed E-state index contributed by atoms with van der Waals surface area (Å²) >= 11 is 0. The second kappa shape index (κ2) is 13.5. The van der Waals surface area contributed by atoms with E-state index in [1.165, 1.54) is 64.2 Å². The lowest BCUT2D eigenvalue weighted by atomic mass is 9.68. The Labute approximate surface area is 194 Å². The summed E-state index contributed by atoms with van der Waals surface area (Å²) < 4.78 is 39.2.